The SMILES string of the molecule is COc1cccc2c(=O)n(C)c(-c3ccc(OCCCNCC(O)COc4cccc(C)c4)cc3)nc12. The van der Waals surface area contributed by atoms with Crippen LogP contribution in [0.4, 0.5) is 0 Å². The van der Waals surface area contributed by atoms with E-state index in [9.17, 15) is 9.90 Å². The fourth-order valence-electron chi connectivity index (χ4n) is 4.00. The minimum Gasteiger partial charge on any atom is -0.494 e. The third-order valence-corrected chi connectivity index (χ3v) is 5.98. The molecule has 1 atom stereocenters. The Morgan fingerprint density at radius 2 is 1.81 bits per heavy atom. The molecule has 194 valence electrons. The first-order chi connectivity index (χ1) is 18.0. The molecule has 1 aromatic heterocycles. The number of ether oxygens (including phenoxy) is 3. The average molecular weight is 504 g/mol. The number of aliphatic hydroxyl groups excluding tert-OH is 1. The fraction of sp³-hybridized carbons (Fsp3) is 0.310. The number of rotatable bonds is 12. The number of nitrogens with zero attached hydrogens (tertiary/aromatic N) is 2. The van der Waals surface area contributed by atoms with Crippen molar-refractivity contribution in [1.29, 1.82) is 0 Å². The van der Waals surface area contributed by atoms with E-state index in [4.69, 9.17) is 19.2 Å². The van der Waals surface area contributed by atoms with Crippen LogP contribution in [-0.2, 0) is 7.05 Å². The number of fused-ring (bicyclic) bond motifs is 1. The van der Waals surface area contributed by atoms with E-state index in [1.807, 2.05) is 55.5 Å². The number of aliphatic hydroxyl groups is 1. The molecule has 0 radical (unpaired) electrons. The van der Waals surface area contributed by atoms with E-state index in [0.29, 0.717) is 42.2 Å². The van der Waals surface area contributed by atoms with Gasteiger partial charge in [-0.05, 0) is 74.0 Å². The van der Waals surface area contributed by atoms with Gasteiger partial charge in [0.15, 0.2) is 0 Å². The Balaban J connectivity index is 1.23. The highest BCUT2D eigenvalue weighted by atomic mass is 16.5. The van der Waals surface area contributed by atoms with E-state index in [1.165, 1.54) is 0 Å². The van der Waals surface area contributed by atoms with Gasteiger partial charge in [-0.25, -0.2) is 4.98 Å². The van der Waals surface area contributed by atoms with Gasteiger partial charge >= 0.3 is 0 Å². The summed E-state index contributed by atoms with van der Waals surface area (Å²) < 4.78 is 18.4. The van der Waals surface area contributed by atoms with Crippen molar-refractivity contribution in [3.8, 4) is 28.6 Å². The molecule has 8 nitrogen and oxygen atoms in total. The molecule has 8 heteroatoms. The molecule has 0 aliphatic carbocycles. The topological polar surface area (TPSA) is 94.8 Å². The third-order valence-electron chi connectivity index (χ3n) is 5.98. The summed E-state index contributed by atoms with van der Waals surface area (Å²) in [6.45, 7) is 3.94. The van der Waals surface area contributed by atoms with Gasteiger partial charge in [-0.2, -0.15) is 0 Å². The first-order valence-corrected chi connectivity index (χ1v) is 12.3. The molecule has 2 N–H and O–H groups in total. The van der Waals surface area contributed by atoms with Gasteiger partial charge in [0.05, 0.1) is 19.1 Å². The van der Waals surface area contributed by atoms with Crippen molar-refractivity contribution >= 4 is 10.9 Å². The Hall–Kier alpha value is -3.88. The maximum absolute atomic E-state index is 12.9. The molecule has 37 heavy (non-hydrogen) atoms. The van der Waals surface area contributed by atoms with Crippen molar-refractivity contribution in [1.82, 2.24) is 14.9 Å². The summed E-state index contributed by atoms with van der Waals surface area (Å²) in [5.41, 5.74) is 2.35. The summed E-state index contributed by atoms with van der Waals surface area (Å²) >= 11 is 0. The van der Waals surface area contributed by atoms with Gasteiger partial charge in [0.25, 0.3) is 5.56 Å². The van der Waals surface area contributed by atoms with E-state index in [0.717, 1.165) is 29.0 Å². The first-order valence-electron chi connectivity index (χ1n) is 12.3. The van der Waals surface area contributed by atoms with Crippen molar-refractivity contribution in [2.45, 2.75) is 19.4 Å². The maximum atomic E-state index is 12.9. The van der Waals surface area contributed by atoms with Gasteiger partial charge in [0, 0.05) is 19.2 Å². The largest absolute Gasteiger partial charge is 0.494 e. The van der Waals surface area contributed by atoms with Crippen LogP contribution in [0, 0.1) is 6.92 Å². The molecule has 0 saturated heterocycles. The van der Waals surface area contributed by atoms with Crippen molar-refractivity contribution in [3.05, 3.63) is 82.6 Å². The van der Waals surface area contributed by atoms with Gasteiger partial charge in [-0.3, -0.25) is 9.36 Å². The van der Waals surface area contributed by atoms with E-state index in [-0.39, 0.29) is 12.2 Å². The number of aryl methyl sites for hydroxylation is 1. The van der Waals surface area contributed by atoms with Crippen molar-refractivity contribution in [3.63, 3.8) is 0 Å². The lowest BCUT2D eigenvalue weighted by Crippen LogP contribution is -2.32. The number of para-hydroxylation sites is 1. The van der Waals surface area contributed by atoms with Crippen LogP contribution in [0.3, 0.4) is 0 Å². The second-order valence-electron chi connectivity index (χ2n) is 8.87. The maximum Gasteiger partial charge on any atom is 0.261 e. The quantitative estimate of drug-likeness (QED) is 0.285. The lowest BCUT2D eigenvalue weighted by Gasteiger charge is -2.14. The molecule has 3 aromatic carbocycles. The molecule has 0 aliphatic rings. The zero-order valence-corrected chi connectivity index (χ0v) is 21.4. The summed E-state index contributed by atoms with van der Waals surface area (Å²) in [5.74, 6) is 2.62. The lowest BCUT2D eigenvalue weighted by atomic mass is 10.1. The Labute approximate surface area is 216 Å². The normalized spacial score (nSPS) is 11.9. The first kappa shape index (κ1) is 26.2. The molecule has 4 rings (SSSR count). The molecule has 0 spiro atoms. The summed E-state index contributed by atoms with van der Waals surface area (Å²) in [5, 5.41) is 13.8. The molecular formula is C29H33N3O5. The number of methoxy groups -OCH3 is 1. The van der Waals surface area contributed by atoms with Crippen LogP contribution in [0.2, 0.25) is 0 Å². The molecule has 1 heterocycles. The van der Waals surface area contributed by atoms with Gasteiger partial charge < -0.3 is 24.6 Å². The van der Waals surface area contributed by atoms with Gasteiger partial charge in [-0.1, -0.05) is 18.2 Å². The average Bonchev–Trinajstić information content (AvgIpc) is 2.91. The summed E-state index contributed by atoms with van der Waals surface area (Å²) in [6.07, 6.45) is 0.196. The highest BCUT2D eigenvalue weighted by Gasteiger charge is 2.13. The molecular weight excluding hydrogens is 470 g/mol. The predicted molar refractivity (Wildman–Crippen MR) is 145 cm³/mol. The molecule has 1 unspecified atom stereocenters. The van der Waals surface area contributed by atoms with E-state index in [2.05, 4.69) is 5.32 Å². The summed E-state index contributed by atoms with van der Waals surface area (Å²) in [6, 6.07) is 20.6. The molecule has 0 saturated carbocycles. The Morgan fingerprint density at radius 1 is 1.03 bits per heavy atom. The summed E-state index contributed by atoms with van der Waals surface area (Å²) in [7, 11) is 3.28. The number of hydrogen-bond acceptors (Lipinski definition) is 7. The van der Waals surface area contributed by atoms with Gasteiger partial charge in [-0.15, -0.1) is 0 Å². The van der Waals surface area contributed by atoms with Crippen LogP contribution in [0.15, 0.2) is 71.5 Å². The Morgan fingerprint density at radius 3 is 2.57 bits per heavy atom. The highest BCUT2D eigenvalue weighted by Crippen LogP contribution is 2.26. The van der Waals surface area contributed by atoms with Crippen molar-refractivity contribution in [2.75, 3.05) is 33.4 Å². The van der Waals surface area contributed by atoms with Crippen molar-refractivity contribution in [2.24, 2.45) is 7.05 Å². The number of benzene rings is 3. The van der Waals surface area contributed by atoms with Crippen LogP contribution in [0.25, 0.3) is 22.3 Å². The van der Waals surface area contributed by atoms with Crippen LogP contribution in [-0.4, -0.2) is 54.2 Å². The van der Waals surface area contributed by atoms with E-state index >= 15 is 0 Å². The second kappa shape index (κ2) is 12.4. The van der Waals surface area contributed by atoms with Crippen molar-refractivity contribution < 1.29 is 19.3 Å². The van der Waals surface area contributed by atoms with E-state index < -0.39 is 6.10 Å². The zero-order valence-electron chi connectivity index (χ0n) is 21.4. The second-order valence-corrected chi connectivity index (χ2v) is 8.87. The number of nitrogens with one attached hydrogen (secondary N) is 1. The lowest BCUT2D eigenvalue weighted by molar-refractivity contribution is 0.106. The highest BCUT2D eigenvalue weighted by molar-refractivity contribution is 5.85. The molecule has 0 amide bonds. The molecule has 4 aromatic rings. The monoisotopic (exact) mass is 503 g/mol. The zero-order chi connectivity index (χ0) is 26.2. The molecule has 0 fully saturated rings. The van der Waals surface area contributed by atoms with Gasteiger partial charge in [0.2, 0.25) is 0 Å². The smallest absolute Gasteiger partial charge is 0.261 e. The summed E-state index contributed by atoms with van der Waals surface area (Å²) in [4.78, 5) is 17.6. The van der Waals surface area contributed by atoms with E-state index in [1.54, 1.807) is 36.9 Å². The van der Waals surface area contributed by atoms with Crippen LogP contribution in [0.5, 0.6) is 17.2 Å². The predicted octanol–water partition coefficient (Wildman–Crippen LogP) is 3.72. The fourth-order valence-corrected chi connectivity index (χ4v) is 4.00. The number of aromatic nitrogens is 2. The van der Waals surface area contributed by atoms with Crippen LogP contribution >= 0.6 is 0 Å². The van der Waals surface area contributed by atoms with Gasteiger partial charge in [0.1, 0.15) is 41.3 Å². The Bertz CT molecular complexity index is 1380. The third kappa shape index (κ3) is 6.67. The minimum atomic E-state index is -0.589. The molecule has 0 bridgehead atoms. The Kier molecular flexibility index (Phi) is 8.77. The van der Waals surface area contributed by atoms with Crippen LogP contribution < -0.4 is 25.1 Å². The molecule has 0 aliphatic heterocycles. The number of hydrogen-bond donors (Lipinski definition) is 2. The minimum absolute atomic E-state index is 0.126. The van der Waals surface area contributed by atoms with Crippen LogP contribution in [0.1, 0.15) is 12.0 Å². The standard InChI is InChI=1S/C29H33N3O5/c1-20-7-4-8-24(17-20)37-19-22(33)18-30-15-6-16-36-23-13-11-21(12-14-23)28-31-27-25(29(34)32(28)2)9-5-10-26(27)35-3/h4-5,7-14,17,22,30,33H,6,15-16,18-19H2,1-3H3.